The summed E-state index contributed by atoms with van der Waals surface area (Å²) in [5.74, 6) is 6.73. The number of nitrogens with two attached hydrogens (primary N) is 1. The van der Waals surface area contributed by atoms with Crippen molar-refractivity contribution in [3.63, 3.8) is 0 Å². The molecule has 0 radical (unpaired) electrons. The van der Waals surface area contributed by atoms with Crippen LogP contribution in [-0.2, 0) is 0 Å². The molecule has 0 amide bonds. The van der Waals surface area contributed by atoms with E-state index in [4.69, 9.17) is 10.6 Å². The zero-order chi connectivity index (χ0) is 12.4. The van der Waals surface area contributed by atoms with E-state index in [1.54, 1.807) is 13.3 Å². The van der Waals surface area contributed by atoms with Gasteiger partial charge < -0.3 is 9.72 Å². The lowest BCUT2D eigenvalue weighted by Crippen LogP contribution is -2.07. The van der Waals surface area contributed by atoms with Gasteiger partial charge in [0.25, 0.3) is 0 Å². The lowest BCUT2D eigenvalue weighted by Gasteiger charge is -2.09. The first kappa shape index (κ1) is 11.5. The number of aryl methyl sites for hydroxylation is 2. The molecule has 5 heteroatoms. The lowest BCUT2D eigenvalue weighted by molar-refractivity contribution is 0.411. The minimum absolute atomic E-state index is 0.549. The molecule has 0 fully saturated rings. The summed E-state index contributed by atoms with van der Waals surface area (Å²) in [5.41, 5.74) is 6.72. The van der Waals surface area contributed by atoms with Gasteiger partial charge in [-0.15, -0.1) is 0 Å². The predicted molar refractivity (Wildman–Crippen MR) is 67.9 cm³/mol. The van der Waals surface area contributed by atoms with E-state index < -0.39 is 0 Å². The third-order valence-corrected chi connectivity index (χ3v) is 2.74. The standard InChI is InChI=1S/C12H16N4O/c1-7-5-11(17-3)8(2)4-9(7)10-6-14-12(15-10)16-13/h4-6H,13H2,1-3H3,(H2,14,15,16). The van der Waals surface area contributed by atoms with Crippen molar-refractivity contribution in [1.29, 1.82) is 0 Å². The molecule has 5 nitrogen and oxygen atoms in total. The quantitative estimate of drug-likeness (QED) is 0.558. The first-order valence-corrected chi connectivity index (χ1v) is 5.33. The second kappa shape index (κ2) is 4.47. The smallest absolute Gasteiger partial charge is 0.215 e. The number of aromatic amines is 1. The Labute approximate surface area is 100.0 Å². The summed E-state index contributed by atoms with van der Waals surface area (Å²) in [7, 11) is 1.67. The lowest BCUT2D eigenvalue weighted by atomic mass is 10.0. The molecule has 0 aliphatic rings. The van der Waals surface area contributed by atoms with E-state index >= 15 is 0 Å². The molecule has 0 aliphatic carbocycles. The number of nitrogens with one attached hydrogen (secondary N) is 2. The van der Waals surface area contributed by atoms with Crippen LogP contribution in [0.15, 0.2) is 18.3 Å². The number of H-pyrrole nitrogens is 1. The first-order valence-electron chi connectivity index (χ1n) is 5.33. The van der Waals surface area contributed by atoms with Gasteiger partial charge in [0.1, 0.15) is 5.75 Å². The number of hydrazine groups is 1. The number of ether oxygens (including phenoxy) is 1. The highest BCUT2D eigenvalue weighted by molar-refractivity contribution is 5.67. The van der Waals surface area contributed by atoms with E-state index in [-0.39, 0.29) is 0 Å². The Morgan fingerprint density at radius 2 is 2.06 bits per heavy atom. The number of hydrogen-bond donors (Lipinski definition) is 3. The molecule has 17 heavy (non-hydrogen) atoms. The van der Waals surface area contributed by atoms with E-state index in [1.807, 2.05) is 19.9 Å². The Kier molecular flexibility index (Phi) is 3.01. The predicted octanol–water partition coefficient (Wildman–Crippen LogP) is 1.99. The molecule has 90 valence electrons. The van der Waals surface area contributed by atoms with Crippen LogP contribution in [0, 0.1) is 13.8 Å². The molecule has 0 bridgehead atoms. The number of benzene rings is 1. The van der Waals surface area contributed by atoms with Crippen LogP contribution >= 0.6 is 0 Å². The van der Waals surface area contributed by atoms with E-state index in [1.165, 1.54) is 0 Å². The summed E-state index contributed by atoms with van der Waals surface area (Å²) in [4.78, 5) is 7.20. The number of nitrogen functional groups attached to an aromatic ring is 1. The van der Waals surface area contributed by atoms with Gasteiger partial charge in [-0.3, -0.25) is 5.43 Å². The van der Waals surface area contributed by atoms with Crippen LogP contribution < -0.4 is 16.0 Å². The van der Waals surface area contributed by atoms with Gasteiger partial charge in [0, 0.05) is 5.56 Å². The second-order valence-corrected chi connectivity index (χ2v) is 3.93. The Morgan fingerprint density at radius 1 is 1.29 bits per heavy atom. The third-order valence-electron chi connectivity index (χ3n) is 2.74. The van der Waals surface area contributed by atoms with Crippen LogP contribution in [0.2, 0.25) is 0 Å². The van der Waals surface area contributed by atoms with Crippen molar-refractivity contribution in [3.8, 4) is 17.0 Å². The van der Waals surface area contributed by atoms with Crippen LogP contribution in [-0.4, -0.2) is 17.1 Å². The molecule has 0 spiro atoms. The van der Waals surface area contributed by atoms with Crippen molar-refractivity contribution in [2.45, 2.75) is 13.8 Å². The molecular weight excluding hydrogens is 216 g/mol. The normalized spacial score (nSPS) is 10.4. The Hall–Kier alpha value is -2.01. The van der Waals surface area contributed by atoms with E-state index in [9.17, 15) is 0 Å². The van der Waals surface area contributed by atoms with E-state index in [0.29, 0.717) is 5.95 Å². The van der Waals surface area contributed by atoms with Gasteiger partial charge in [0.2, 0.25) is 5.95 Å². The average molecular weight is 232 g/mol. The minimum atomic E-state index is 0.549. The topological polar surface area (TPSA) is 76.0 Å². The van der Waals surface area contributed by atoms with Gasteiger partial charge in [-0.25, -0.2) is 10.8 Å². The summed E-state index contributed by atoms with van der Waals surface area (Å²) in [5, 5.41) is 0. The number of aromatic nitrogens is 2. The summed E-state index contributed by atoms with van der Waals surface area (Å²) < 4.78 is 5.28. The zero-order valence-corrected chi connectivity index (χ0v) is 10.2. The van der Waals surface area contributed by atoms with Gasteiger partial charge in [-0.05, 0) is 37.1 Å². The largest absolute Gasteiger partial charge is 0.496 e. The van der Waals surface area contributed by atoms with Gasteiger partial charge in [0.05, 0.1) is 19.0 Å². The van der Waals surface area contributed by atoms with Crippen molar-refractivity contribution < 1.29 is 4.74 Å². The summed E-state index contributed by atoms with van der Waals surface area (Å²) in [6.07, 6.45) is 1.75. The summed E-state index contributed by atoms with van der Waals surface area (Å²) >= 11 is 0. The number of hydrogen-bond acceptors (Lipinski definition) is 4. The van der Waals surface area contributed by atoms with Crippen molar-refractivity contribution in [2.24, 2.45) is 5.84 Å². The van der Waals surface area contributed by atoms with Crippen LogP contribution in [0.3, 0.4) is 0 Å². The second-order valence-electron chi connectivity index (χ2n) is 3.93. The summed E-state index contributed by atoms with van der Waals surface area (Å²) in [6, 6.07) is 4.09. The Bertz CT molecular complexity index is 533. The van der Waals surface area contributed by atoms with Crippen molar-refractivity contribution >= 4 is 5.95 Å². The van der Waals surface area contributed by atoms with Crippen LogP contribution in [0.25, 0.3) is 11.3 Å². The van der Waals surface area contributed by atoms with Crippen LogP contribution in [0.4, 0.5) is 5.95 Å². The maximum Gasteiger partial charge on any atom is 0.215 e. The molecule has 0 saturated carbocycles. The zero-order valence-electron chi connectivity index (χ0n) is 10.2. The molecule has 2 rings (SSSR count). The van der Waals surface area contributed by atoms with E-state index in [2.05, 4.69) is 21.5 Å². The van der Waals surface area contributed by atoms with Crippen molar-refractivity contribution in [2.75, 3.05) is 12.5 Å². The Morgan fingerprint density at radius 3 is 2.65 bits per heavy atom. The monoisotopic (exact) mass is 232 g/mol. The maximum absolute atomic E-state index is 5.29. The maximum atomic E-state index is 5.29. The molecule has 0 atom stereocenters. The highest BCUT2D eigenvalue weighted by Gasteiger charge is 2.09. The van der Waals surface area contributed by atoms with Gasteiger partial charge in [0.15, 0.2) is 0 Å². The fourth-order valence-corrected chi connectivity index (χ4v) is 1.83. The van der Waals surface area contributed by atoms with Crippen molar-refractivity contribution in [3.05, 3.63) is 29.5 Å². The molecule has 1 aromatic carbocycles. The number of imidazole rings is 1. The van der Waals surface area contributed by atoms with Crippen LogP contribution in [0.5, 0.6) is 5.75 Å². The fraction of sp³-hybridized carbons (Fsp3) is 0.250. The molecule has 0 aliphatic heterocycles. The number of anilines is 1. The molecule has 1 aromatic heterocycles. The molecule has 2 aromatic rings. The minimum Gasteiger partial charge on any atom is -0.496 e. The number of rotatable bonds is 3. The van der Waals surface area contributed by atoms with Gasteiger partial charge in [-0.1, -0.05) is 0 Å². The molecule has 0 unspecified atom stereocenters. The SMILES string of the molecule is COc1cc(C)c(-c2cnc(NN)[nH]2)cc1C. The fourth-order valence-electron chi connectivity index (χ4n) is 1.83. The number of nitrogens with zero attached hydrogens (tertiary/aromatic N) is 1. The van der Waals surface area contributed by atoms with Gasteiger partial charge >= 0.3 is 0 Å². The highest BCUT2D eigenvalue weighted by atomic mass is 16.5. The molecule has 0 saturated heterocycles. The summed E-state index contributed by atoms with van der Waals surface area (Å²) in [6.45, 7) is 4.05. The molecule has 4 N–H and O–H groups in total. The van der Waals surface area contributed by atoms with Gasteiger partial charge in [-0.2, -0.15) is 0 Å². The highest BCUT2D eigenvalue weighted by Crippen LogP contribution is 2.29. The molecule has 1 heterocycles. The Balaban J connectivity index is 2.48. The number of methoxy groups -OCH3 is 1. The molecular formula is C12H16N4O. The first-order chi connectivity index (χ1) is 8.15. The van der Waals surface area contributed by atoms with E-state index in [0.717, 1.165) is 28.1 Å². The average Bonchev–Trinajstić information content (AvgIpc) is 2.80. The third kappa shape index (κ3) is 2.09. The van der Waals surface area contributed by atoms with Crippen molar-refractivity contribution in [1.82, 2.24) is 9.97 Å². The van der Waals surface area contributed by atoms with Crippen LogP contribution in [0.1, 0.15) is 11.1 Å².